The van der Waals surface area contributed by atoms with Gasteiger partial charge in [-0.1, -0.05) is 18.2 Å². The third-order valence-corrected chi connectivity index (χ3v) is 6.87. The monoisotopic (exact) mass is 371 g/mol. The molecule has 25 heavy (non-hydrogen) atoms. The van der Waals surface area contributed by atoms with Crippen LogP contribution in [0.3, 0.4) is 0 Å². The van der Waals surface area contributed by atoms with Gasteiger partial charge in [-0.05, 0) is 60.5 Å². The third kappa shape index (κ3) is 3.39. The van der Waals surface area contributed by atoms with Crippen LogP contribution < -0.4 is 5.32 Å². The zero-order valence-electron chi connectivity index (χ0n) is 13.6. The molecular formula is C20H18FNOS2. The highest BCUT2D eigenvalue weighted by Crippen LogP contribution is 2.48. The predicted octanol–water partition coefficient (Wildman–Crippen LogP) is 5.01. The lowest BCUT2D eigenvalue weighted by molar-refractivity contribution is -0.123. The molecule has 5 heteroatoms. The van der Waals surface area contributed by atoms with E-state index in [4.69, 9.17) is 0 Å². The van der Waals surface area contributed by atoms with E-state index in [0.717, 1.165) is 24.8 Å². The molecule has 0 aliphatic heterocycles. The number of hydrogen-bond donors (Lipinski definition) is 1. The molecule has 0 unspecified atom stereocenters. The van der Waals surface area contributed by atoms with Crippen LogP contribution in [0, 0.1) is 5.82 Å². The molecule has 0 atom stereocenters. The fourth-order valence-electron chi connectivity index (χ4n) is 3.07. The lowest BCUT2D eigenvalue weighted by Crippen LogP contribution is -2.35. The summed E-state index contributed by atoms with van der Waals surface area (Å²) in [6, 6.07) is 14.8. The van der Waals surface area contributed by atoms with Crippen molar-refractivity contribution in [1.29, 1.82) is 0 Å². The number of amides is 1. The molecule has 3 aromatic rings. The Labute approximate surface area is 154 Å². The largest absolute Gasteiger partial charge is 0.355 e. The Morgan fingerprint density at radius 1 is 1.08 bits per heavy atom. The van der Waals surface area contributed by atoms with Crippen molar-refractivity contribution >= 4 is 28.6 Å². The number of hydrogen-bond acceptors (Lipinski definition) is 3. The van der Waals surface area contributed by atoms with Gasteiger partial charge in [0, 0.05) is 21.2 Å². The minimum Gasteiger partial charge on any atom is -0.355 e. The second kappa shape index (κ2) is 6.73. The van der Waals surface area contributed by atoms with E-state index in [1.165, 1.54) is 26.8 Å². The molecule has 0 bridgehead atoms. The van der Waals surface area contributed by atoms with E-state index in [1.807, 2.05) is 0 Å². The van der Waals surface area contributed by atoms with Crippen LogP contribution in [0.15, 0.2) is 53.9 Å². The molecule has 0 spiro atoms. The van der Waals surface area contributed by atoms with Gasteiger partial charge in [-0.25, -0.2) is 4.39 Å². The van der Waals surface area contributed by atoms with E-state index in [-0.39, 0.29) is 11.7 Å². The van der Waals surface area contributed by atoms with Crippen molar-refractivity contribution in [2.45, 2.75) is 24.7 Å². The molecule has 1 aliphatic rings. The second-order valence-corrected chi connectivity index (χ2v) is 8.45. The summed E-state index contributed by atoms with van der Waals surface area (Å²) in [6.45, 7) is 0.631. The Balaban J connectivity index is 1.34. The van der Waals surface area contributed by atoms with Crippen molar-refractivity contribution in [3.8, 4) is 9.75 Å². The quantitative estimate of drug-likeness (QED) is 0.649. The normalized spacial score (nSPS) is 15.1. The Morgan fingerprint density at radius 3 is 2.56 bits per heavy atom. The number of carbonyl (C=O) groups excluding carboxylic acids is 1. The van der Waals surface area contributed by atoms with Gasteiger partial charge < -0.3 is 5.32 Å². The third-order valence-electron chi connectivity index (χ3n) is 4.66. The molecule has 1 aromatic carbocycles. The molecule has 0 saturated heterocycles. The summed E-state index contributed by atoms with van der Waals surface area (Å²) in [5.41, 5.74) is 0.480. The molecule has 2 aromatic heterocycles. The summed E-state index contributed by atoms with van der Waals surface area (Å²) in [6.07, 6.45) is 2.51. The molecule has 0 radical (unpaired) electrons. The van der Waals surface area contributed by atoms with Gasteiger partial charge in [0.15, 0.2) is 0 Å². The van der Waals surface area contributed by atoms with Gasteiger partial charge in [0.25, 0.3) is 0 Å². The summed E-state index contributed by atoms with van der Waals surface area (Å²) in [4.78, 5) is 16.4. The first-order valence-corrected chi connectivity index (χ1v) is 10.0. The Morgan fingerprint density at radius 2 is 1.88 bits per heavy atom. The summed E-state index contributed by atoms with van der Waals surface area (Å²) in [7, 11) is 0. The maximum Gasteiger partial charge on any atom is 0.230 e. The molecule has 128 valence electrons. The highest BCUT2D eigenvalue weighted by molar-refractivity contribution is 7.21. The number of nitrogens with one attached hydrogen (secondary N) is 1. The zero-order valence-corrected chi connectivity index (χ0v) is 15.3. The van der Waals surface area contributed by atoms with Gasteiger partial charge in [0.1, 0.15) is 5.82 Å². The van der Waals surface area contributed by atoms with E-state index in [9.17, 15) is 9.18 Å². The average Bonchev–Trinajstić information content (AvgIpc) is 3.04. The molecular weight excluding hydrogens is 353 g/mol. The molecule has 1 aliphatic carbocycles. The Hall–Kier alpha value is -1.98. The van der Waals surface area contributed by atoms with Crippen molar-refractivity contribution in [3.05, 3.63) is 70.2 Å². The van der Waals surface area contributed by atoms with Gasteiger partial charge in [-0.3, -0.25) is 4.79 Å². The maximum absolute atomic E-state index is 13.1. The van der Waals surface area contributed by atoms with Crippen molar-refractivity contribution in [1.82, 2.24) is 5.32 Å². The standard InChI is InChI=1S/C20H18FNOS2/c21-15-5-3-14(4-6-15)20(10-11-20)19(23)22-12-9-16-7-8-18(25-16)17-2-1-13-24-17/h1-8,13H,9-12H2,(H,22,23). The van der Waals surface area contributed by atoms with Crippen LogP contribution >= 0.6 is 22.7 Å². The number of carbonyl (C=O) groups is 1. The molecule has 2 heterocycles. The molecule has 1 N–H and O–H groups in total. The average molecular weight is 372 g/mol. The van der Waals surface area contributed by atoms with Crippen LogP contribution in [0.1, 0.15) is 23.3 Å². The van der Waals surface area contributed by atoms with E-state index in [2.05, 4.69) is 35.0 Å². The minimum atomic E-state index is -0.439. The lowest BCUT2D eigenvalue weighted by Gasteiger charge is -2.15. The first-order chi connectivity index (χ1) is 12.2. The van der Waals surface area contributed by atoms with Crippen molar-refractivity contribution < 1.29 is 9.18 Å². The molecule has 1 amide bonds. The van der Waals surface area contributed by atoms with Gasteiger partial charge >= 0.3 is 0 Å². The van der Waals surface area contributed by atoms with Gasteiger partial charge in [0.2, 0.25) is 5.91 Å². The highest BCUT2D eigenvalue weighted by Gasteiger charge is 2.50. The number of rotatable bonds is 6. The van der Waals surface area contributed by atoms with Gasteiger partial charge in [0.05, 0.1) is 5.41 Å². The van der Waals surface area contributed by atoms with Gasteiger partial charge in [-0.2, -0.15) is 0 Å². The number of benzene rings is 1. The summed E-state index contributed by atoms with van der Waals surface area (Å²) in [5, 5.41) is 5.15. The van der Waals surface area contributed by atoms with E-state index < -0.39 is 5.41 Å². The van der Waals surface area contributed by atoms with Crippen LogP contribution in [-0.4, -0.2) is 12.5 Å². The molecule has 1 saturated carbocycles. The second-order valence-electron chi connectivity index (χ2n) is 6.34. The molecule has 4 rings (SSSR count). The van der Waals surface area contributed by atoms with Crippen LogP contribution in [0.4, 0.5) is 4.39 Å². The first-order valence-electron chi connectivity index (χ1n) is 8.34. The molecule has 2 nitrogen and oxygen atoms in total. The summed E-state index contributed by atoms with van der Waals surface area (Å²) in [5.74, 6) is -0.201. The van der Waals surface area contributed by atoms with E-state index in [0.29, 0.717) is 6.54 Å². The van der Waals surface area contributed by atoms with Crippen LogP contribution in [0.5, 0.6) is 0 Å². The van der Waals surface area contributed by atoms with E-state index in [1.54, 1.807) is 34.8 Å². The molecule has 1 fully saturated rings. The Bertz CT molecular complexity index is 864. The maximum atomic E-state index is 13.1. The predicted molar refractivity (Wildman–Crippen MR) is 102 cm³/mol. The van der Waals surface area contributed by atoms with Crippen molar-refractivity contribution in [3.63, 3.8) is 0 Å². The topological polar surface area (TPSA) is 29.1 Å². The van der Waals surface area contributed by atoms with Crippen molar-refractivity contribution in [2.75, 3.05) is 6.54 Å². The fraction of sp³-hybridized carbons (Fsp3) is 0.250. The van der Waals surface area contributed by atoms with Crippen LogP contribution in [0.25, 0.3) is 9.75 Å². The highest BCUT2D eigenvalue weighted by atomic mass is 32.1. The van der Waals surface area contributed by atoms with Crippen LogP contribution in [0.2, 0.25) is 0 Å². The lowest BCUT2D eigenvalue weighted by atomic mass is 9.95. The smallest absolute Gasteiger partial charge is 0.230 e. The van der Waals surface area contributed by atoms with E-state index >= 15 is 0 Å². The zero-order chi connectivity index (χ0) is 17.3. The summed E-state index contributed by atoms with van der Waals surface area (Å²) < 4.78 is 13.1. The number of thiophene rings is 2. The summed E-state index contributed by atoms with van der Waals surface area (Å²) >= 11 is 3.52. The SMILES string of the molecule is O=C(NCCc1ccc(-c2cccs2)s1)C1(c2ccc(F)cc2)CC1. The van der Waals surface area contributed by atoms with Crippen LogP contribution in [-0.2, 0) is 16.6 Å². The minimum absolute atomic E-state index is 0.0640. The van der Waals surface area contributed by atoms with Gasteiger partial charge in [-0.15, -0.1) is 22.7 Å². The number of halogens is 1. The first kappa shape index (κ1) is 16.5. The Kier molecular flexibility index (Phi) is 4.44. The fourth-order valence-corrected chi connectivity index (χ4v) is 4.91. The van der Waals surface area contributed by atoms with Crippen molar-refractivity contribution in [2.24, 2.45) is 0 Å².